The average Bonchev–Trinajstić information content (AvgIpc) is 3.00. The van der Waals surface area contributed by atoms with Crippen LogP contribution in [-0.2, 0) is 0 Å². The molecular weight excluding hydrogens is 292 g/mol. The van der Waals surface area contributed by atoms with Crippen LogP contribution >= 0.6 is 0 Å². The molecule has 1 aliphatic heterocycles. The summed E-state index contributed by atoms with van der Waals surface area (Å²) in [4.78, 5) is 11.6. The minimum absolute atomic E-state index is 0.0409. The van der Waals surface area contributed by atoms with Crippen LogP contribution in [-0.4, -0.2) is 53.5 Å². The monoisotopic (exact) mass is 314 g/mol. The zero-order chi connectivity index (χ0) is 15.6. The van der Waals surface area contributed by atoms with Gasteiger partial charge in [0.15, 0.2) is 0 Å². The zero-order valence-corrected chi connectivity index (χ0v) is 13.1. The summed E-state index contributed by atoms with van der Waals surface area (Å²) >= 11 is 0. The molecule has 1 saturated carbocycles. The van der Waals surface area contributed by atoms with Crippen LogP contribution in [0.3, 0.4) is 0 Å². The fourth-order valence-corrected chi connectivity index (χ4v) is 3.31. The molecule has 2 N–H and O–H groups in total. The third-order valence-electron chi connectivity index (χ3n) is 4.59. The molecule has 1 aromatic carbocycles. The average molecular weight is 314 g/mol. The summed E-state index contributed by atoms with van der Waals surface area (Å²) in [7, 11) is 0. The van der Waals surface area contributed by atoms with Gasteiger partial charge in [-0.3, -0.25) is 0 Å². The van der Waals surface area contributed by atoms with Gasteiger partial charge in [-0.25, -0.2) is 4.98 Å². The molecule has 0 spiro atoms. The maximum Gasteiger partial charge on any atom is 0.229 e. The molecule has 0 bridgehead atoms. The second kappa shape index (κ2) is 6.29. The first-order valence-electron chi connectivity index (χ1n) is 8.37. The van der Waals surface area contributed by atoms with Gasteiger partial charge in [0.05, 0.1) is 17.0 Å². The van der Waals surface area contributed by atoms with Crippen LogP contribution in [0.1, 0.15) is 19.3 Å². The first-order chi connectivity index (χ1) is 11.3. The van der Waals surface area contributed by atoms with Crippen molar-refractivity contribution in [2.75, 3.05) is 31.1 Å². The second-order valence-electron chi connectivity index (χ2n) is 6.29. The Hall–Kier alpha value is -1.92. The molecule has 1 aromatic heterocycles. The lowest BCUT2D eigenvalue weighted by molar-refractivity contribution is 0.148. The number of anilines is 1. The molecule has 2 fully saturated rings. The van der Waals surface area contributed by atoms with Gasteiger partial charge in [0.1, 0.15) is 6.10 Å². The molecule has 122 valence electrons. The molecule has 23 heavy (non-hydrogen) atoms. The SMILES string of the molecule is OC1CCC(Oc2nc(N3CCNCC3)nc3ccccc23)C1. The Morgan fingerprint density at radius 1 is 1.13 bits per heavy atom. The maximum atomic E-state index is 9.72. The summed E-state index contributed by atoms with van der Waals surface area (Å²) < 4.78 is 6.14. The van der Waals surface area contributed by atoms with Crippen LogP contribution in [0.25, 0.3) is 10.9 Å². The minimum Gasteiger partial charge on any atom is -0.474 e. The third-order valence-corrected chi connectivity index (χ3v) is 4.59. The number of ether oxygens (including phenoxy) is 1. The van der Waals surface area contributed by atoms with Crippen molar-refractivity contribution < 1.29 is 9.84 Å². The Labute approximate surface area is 135 Å². The molecule has 2 aromatic rings. The van der Waals surface area contributed by atoms with E-state index in [2.05, 4.69) is 10.2 Å². The van der Waals surface area contributed by atoms with E-state index in [9.17, 15) is 5.11 Å². The predicted molar refractivity (Wildman–Crippen MR) is 88.9 cm³/mol. The Bertz CT molecular complexity index is 687. The number of hydrogen-bond donors (Lipinski definition) is 2. The molecule has 2 unspecified atom stereocenters. The van der Waals surface area contributed by atoms with Crippen molar-refractivity contribution in [2.24, 2.45) is 0 Å². The van der Waals surface area contributed by atoms with Gasteiger partial charge < -0.3 is 20.1 Å². The van der Waals surface area contributed by atoms with E-state index in [1.807, 2.05) is 24.3 Å². The van der Waals surface area contributed by atoms with Gasteiger partial charge in [-0.15, -0.1) is 0 Å². The summed E-state index contributed by atoms with van der Waals surface area (Å²) in [6, 6.07) is 7.96. The van der Waals surface area contributed by atoms with Crippen LogP contribution in [0.5, 0.6) is 5.88 Å². The molecule has 2 aliphatic rings. The number of hydrogen-bond acceptors (Lipinski definition) is 6. The molecule has 6 nitrogen and oxygen atoms in total. The van der Waals surface area contributed by atoms with E-state index in [1.54, 1.807) is 0 Å². The quantitative estimate of drug-likeness (QED) is 0.891. The van der Waals surface area contributed by atoms with Crippen LogP contribution in [0.15, 0.2) is 24.3 Å². The number of nitrogens with one attached hydrogen (secondary N) is 1. The van der Waals surface area contributed by atoms with Crippen molar-refractivity contribution in [2.45, 2.75) is 31.5 Å². The van der Waals surface area contributed by atoms with E-state index in [-0.39, 0.29) is 12.2 Å². The molecular formula is C17H22N4O2. The molecule has 1 aliphatic carbocycles. The fraction of sp³-hybridized carbons (Fsp3) is 0.529. The van der Waals surface area contributed by atoms with E-state index >= 15 is 0 Å². The van der Waals surface area contributed by atoms with Crippen molar-refractivity contribution in [3.05, 3.63) is 24.3 Å². The van der Waals surface area contributed by atoms with Gasteiger partial charge in [0.2, 0.25) is 11.8 Å². The number of fused-ring (bicyclic) bond motifs is 1. The molecule has 0 amide bonds. The molecule has 1 saturated heterocycles. The highest BCUT2D eigenvalue weighted by atomic mass is 16.5. The lowest BCUT2D eigenvalue weighted by Gasteiger charge is -2.28. The van der Waals surface area contributed by atoms with Gasteiger partial charge >= 0.3 is 0 Å². The van der Waals surface area contributed by atoms with Crippen molar-refractivity contribution in [1.82, 2.24) is 15.3 Å². The zero-order valence-electron chi connectivity index (χ0n) is 13.1. The Balaban J connectivity index is 1.68. The number of aliphatic hydroxyl groups excluding tert-OH is 1. The number of rotatable bonds is 3. The van der Waals surface area contributed by atoms with Crippen LogP contribution in [0, 0.1) is 0 Å². The van der Waals surface area contributed by atoms with Crippen molar-refractivity contribution in [1.29, 1.82) is 0 Å². The molecule has 4 rings (SSSR count). The number of para-hydroxylation sites is 1. The highest BCUT2D eigenvalue weighted by Crippen LogP contribution is 2.30. The summed E-state index contributed by atoms with van der Waals surface area (Å²) in [5, 5.41) is 14.0. The number of aliphatic hydroxyl groups is 1. The minimum atomic E-state index is -0.249. The van der Waals surface area contributed by atoms with Gasteiger partial charge in [-0.2, -0.15) is 4.98 Å². The van der Waals surface area contributed by atoms with Gasteiger partial charge in [-0.05, 0) is 25.0 Å². The van der Waals surface area contributed by atoms with Crippen LogP contribution < -0.4 is 15.0 Å². The van der Waals surface area contributed by atoms with Crippen LogP contribution in [0.2, 0.25) is 0 Å². The van der Waals surface area contributed by atoms with E-state index in [4.69, 9.17) is 14.7 Å². The second-order valence-corrected chi connectivity index (χ2v) is 6.29. The van der Waals surface area contributed by atoms with Gasteiger partial charge in [-0.1, -0.05) is 12.1 Å². The van der Waals surface area contributed by atoms with E-state index < -0.39 is 0 Å². The molecule has 2 atom stereocenters. The largest absolute Gasteiger partial charge is 0.474 e. The lowest BCUT2D eigenvalue weighted by atomic mass is 10.2. The smallest absolute Gasteiger partial charge is 0.229 e. The summed E-state index contributed by atoms with van der Waals surface area (Å²) in [5.74, 6) is 1.38. The fourth-order valence-electron chi connectivity index (χ4n) is 3.31. The Morgan fingerprint density at radius 3 is 2.74 bits per heavy atom. The topological polar surface area (TPSA) is 70.5 Å². The highest BCUT2D eigenvalue weighted by Gasteiger charge is 2.26. The maximum absolute atomic E-state index is 9.72. The van der Waals surface area contributed by atoms with Crippen molar-refractivity contribution in [3.8, 4) is 5.88 Å². The molecule has 6 heteroatoms. The Morgan fingerprint density at radius 2 is 1.96 bits per heavy atom. The van der Waals surface area contributed by atoms with E-state index in [0.29, 0.717) is 12.3 Å². The molecule has 2 heterocycles. The summed E-state index contributed by atoms with van der Waals surface area (Å²) in [5.41, 5.74) is 0.907. The molecule has 0 radical (unpaired) electrons. The van der Waals surface area contributed by atoms with Gasteiger partial charge in [0.25, 0.3) is 0 Å². The standard InChI is InChI=1S/C17H22N4O2/c22-12-5-6-13(11-12)23-16-14-3-1-2-4-15(14)19-17(20-16)21-9-7-18-8-10-21/h1-4,12-13,18,22H,5-11H2. The predicted octanol–water partition coefficient (Wildman–Crippen LogP) is 1.33. The number of benzene rings is 1. The normalized spacial score (nSPS) is 25.0. The van der Waals surface area contributed by atoms with E-state index in [1.165, 1.54) is 0 Å². The van der Waals surface area contributed by atoms with Gasteiger partial charge in [0, 0.05) is 32.6 Å². The van der Waals surface area contributed by atoms with Crippen LogP contribution in [0.4, 0.5) is 5.95 Å². The lowest BCUT2D eigenvalue weighted by Crippen LogP contribution is -2.44. The summed E-state index contributed by atoms with van der Waals surface area (Å²) in [6.07, 6.45) is 2.15. The summed E-state index contributed by atoms with van der Waals surface area (Å²) in [6.45, 7) is 3.70. The van der Waals surface area contributed by atoms with Crippen molar-refractivity contribution in [3.63, 3.8) is 0 Å². The third kappa shape index (κ3) is 3.09. The number of nitrogens with zero attached hydrogens (tertiary/aromatic N) is 3. The van der Waals surface area contributed by atoms with E-state index in [0.717, 1.165) is 55.9 Å². The highest BCUT2D eigenvalue weighted by molar-refractivity contribution is 5.84. The van der Waals surface area contributed by atoms with Crippen molar-refractivity contribution >= 4 is 16.9 Å². The number of piperazine rings is 1. The number of aromatic nitrogens is 2. The Kier molecular flexibility index (Phi) is 4.01. The first-order valence-corrected chi connectivity index (χ1v) is 8.37. The first kappa shape index (κ1) is 14.7.